The molecule has 0 atom stereocenters. The monoisotopic (exact) mass is 242 g/mol. The number of hydrogen-bond donors (Lipinski definition) is 1. The van der Waals surface area contributed by atoms with Crippen molar-refractivity contribution in [2.75, 3.05) is 0 Å². The molecular formula is C8H4BrFN2O. The van der Waals surface area contributed by atoms with E-state index in [0.717, 1.165) is 0 Å². The first-order chi connectivity index (χ1) is 6.24. The minimum atomic E-state index is -0.450. The van der Waals surface area contributed by atoms with E-state index in [9.17, 15) is 9.18 Å². The van der Waals surface area contributed by atoms with Gasteiger partial charge in [0.25, 0.3) is 0 Å². The molecule has 0 spiro atoms. The predicted molar refractivity (Wildman–Crippen MR) is 49.1 cm³/mol. The van der Waals surface area contributed by atoms with Crippen LogP contribution in [0.3, 0.4) is 0 Å². The third-order valence-corrected chi connectivity index (χ3v) is 2.39. The highest BCUT2D eigenvalue weighted by molar-refractivity contribution is 9.10. The summed E-state index contributed by atoms with van der Waals surface area (Å²) in [6.45, 7) is 0. The van der Waals surface area contributed by atoms with Gasteiger partial charge in [-0.2, -0.15) is 5.10 Å². The third-order valence-electron chi connectivity index (χ3n) is 1.75. The first-order valence-electron chi connectivity index (χ1n) is 3.51. The van der Waals surface area contributed by atoms with E-state index in [2.05, 4.69) is 26.1 Å². The van der Waals surface area contributed by atoms with Gasteiger partial charge in [-0.15, -0.1) is 0 Å². The van der Waals surface area contributed by atoms with Crippen LogP contribution in [-0.2, 0) is 0 Å². The van der Waals surface area contributed by atoms with Gasteiger partial charge in [0, 0.05) is 4.47 Å². The van der Waals surface area contributed by atoms with Crippen LogP contribution in [0.1, 0.15) is 10.5 Å². The van der Waals surface area contributed by atoms with Crippen LogP contribution in [0.25, 0.3) is 10.9 Å². The molecule has 0 saturated heterocycles. The number of H-pyrrole nitrogens is 1. The second kappa shape index (κ2) is 2.92. The van der Waals surface area contributed by atoms with E-state index in [-0.39, 0.29) is 11.1 Å². The SMILES string of the molecule is O=Cc1[nH]nc2c(Br)ccc(F)c12. The molecular weight excluding hydrogens is 239 g/mol. The van der Waals surface area contributed by atoms with Crippen molar-refractivity contribution < 1.29 is 9.18 Å². The quantitative estimate of drug-likeness (QED) is 0.781. The summed E-state index contributed by atoms with van der Waals surface area (Å²) in [5, 5.41) is 6.49. The number of aldehydes is 1. The second-order valence-electron chi connectivity index (χ2n) is 2.51. The van der Waals surface area contributed by atoms with Gasteiger partial charge >= 0.3 is 0 Å². The molecule has 66 valence electrons. The van der Waals surface area contributed by atoms with Crippen molar-refractivity contribution >= 4 is 33.1 Å². The predicted octanol–water partition coefficient (Wildman–Crippen LogP) is 2.28. The fraction of sp³-hybridized carbons (Fsp3) is 0. The first-order valence-corrected chi connectivity index (χ1v) is 4.30. The Labute approximate surface area is 81.1 Å². The molecule has 1 aromatic heterocycles. The summed E-state index contributed by atoms with van der Waals surface area (Å²) >= 11 is 3.21. The molecule has 2 rings (SSSR count). The van der Waals surface area contributed by atoms with Crippen molar-refractivity contribution in [1.82, 2.24) is 10.2 Å². The van der Waals surface area contributed by atoms with Gasteiger partial charge < -0.3 is 0 Å². The molecule has 1 aromatic carbocycles. The van der Waals surface area contributed by atoms with Crippen LogP contribution in [0.5, 0.6) is 0 Å². The number of nitrogens with zero attached hydrogens (tertiary/aromatic N) is 1. The summed E-state index contributed by atoms with van der Waals surface area (Å²) in [7, 11) is 0. The highest BCUT2D eigenvalue weighted by Gasteiger charge is 2.11. The van der Waals surface area contributed by atoms with Crippen LogP contribution >= 0.6 is 15.9 Å². The lowest BCUT2D eigenvalue weighted by atomic mass is 10.2. The number of nitrogens with one attached hydrogen (secondary N) is 1. The molecule has 0 saturated carbocycles. The largest absolute Gasteiger partial charge is 0.296 e. The maximum absolute atomic E-state index is 13.2. The van der Waals surface area contributed by atoms with Crippen LogP contribution in [-0.4, -0.2) is 16.5 Å². The number of rotatable bonds is 1. The highest BCUT2D eigenvalue weighted by Crippen LogP contribution is 2.25. The summed E-state index contributed by atoms with van der Waals surface area (Å²) in [6, 6.07) is 2.84. The van der Waals surface area contributed by atoms with Crippen molar-refractivity contribution in [2.24, 2.45) is 0 Å². The molecule has 0 aliphatic rings. The van der Waals surface area contributed by atoms with E-state index >= 15 is 0 Å². The minimum Gasteiger partial charge on any atom is -0.296 e. The van der Waals surface area contributed by atoms with E-state index < -0.39 is 5.82 Å². The Balaban J connectivity index is 2.95. The Bertz CT molecular complexity index is 480. The number of benzene rings is 1. The van der Waals surface area contributed by atoms with Gasteiger partial charge in [-0.1, -0.05) is 0 Å². The lowest BCUT2D eigenvalue weighted by molar-refractivity contribution is 0.112. The van der Waals surface area contributed by atoms with E-state index in [4.69, 9.17) is 0 Å². The van der Waals surface area contributed by atoms with Gasteiger partial charge in [0.15, 0.2) is 6.29 Å². The van der Waals surface area contributed by atoms with Crippen LogP contribution < -0.4 is 0 Å². The zero-order valence-electron chi connectivity index (χ0n) is 6.34. The Kier molecular flexibility index (Phi) is 1.88. The molecule has 0 amide bonds. The van der Waals surface area contributed by atoms with Gasteiger partial charge in [-0.05, 0) is 28.1 Å². The van der Waals surface area contributed by atoms with Gasteiger partial charge in [0.2, 0.25) is 0 Å². The number of aromatic nitrogens is 2. The van der Waals surface area contributed by atoms with Gasteiger partial charge in [-0.25, -0.2) is 4.39 Å². The van der Waals surface area contributed by atoms with Gasteiger partial charge in [0.05, 0.1) is 5.39 Å². The van der Waals surface area contributed by atoms with Crippen LogP contribution in [0, 0.1) is 5.82 Å². The molecule has 13 heavy (non-hydrogen) atoms. The van der Waals surface area contributed by atoms with Gasteiger partial charge in [-0.3, -0.25) is 9.89 Å². The summed E-state index contributed by atoms with van der Waals surface area (Å²) in [5.74, 6) is -0.450. The first kappa shape index (κ1) is 8.37. The van der Waals surface area contributed by atoms with E-state index in [0.29, 0.717) is 16.3 Å². The second-order valence-corrected chi connectivity index (χ2v) is 3.36. The molecule has 0 unspecified atom stereocenters. The topological polar surface area (TPSA) is 45.8 Å². The normalized spacial score (nSPS) is 10.6. The highest BCUT2D eigenvalue weighted by atomic mass is 79.9. The standard InChI is InChI=1S/C8H4BrFN2O/c9-4-1-2-5(10)7-6(3-13)11-12-8(4)7/h1-3H,(H,11,12). The van der Waals surface area contributed by atoms with Crippen LogP contribution in [0.4, 0.5) is 4.39 Å². The summed E-state index contributed by atoms with van der Waals surface area (Å²) in [5.41, 5.74) is 0.593. The molecule has 0 aliphatic heterocycles. The fourth-order valence-electron chi connectivity index (χ4n) is 1.16. The zero-order valence-corrected chi connectivity index (χ0v) is 7.93. The molecule has 2 aromatic rings. The smallest absolute Gasteiger partial charge is 0.168 e. The minimum absolute atomic E-state index is 0.161. The average molecular weight is 243 g/mol. The maximum atomic E-state index is 13.2. The lowest BCUT2D eigenvalue weighted by Crippen LogP contribution is -1.83. The lowest BCUT2D eigenvalue weighted by Gasteiger charge is -1.93. The Morgan fingerprint density at radius 2 is 2.31 bits per heavy atom. The van der Waals surface area contributed by atoms with Crippen LogP contribution in [0.2, 0.25) is 0 Å². The average Bonchev–Trinajstić information content (AvgIpc) is 2.56. The van der Waals surface area contributed by atoms with Crippen molar-refractivity contribution in [3.05, 3.63) is 28.1 Å². The number of carbonyl (C=O) groups excluding carboxylic acids is 1. The molecule has 5 heteroatoms. The van der Waals surface area contributed by atoms with E-state index in [1.165, 1.54) is 6.07 Å². The Morgan fingerprint density at radius 1 is 1.54 bits per heavy atom. The van der Waals surface area contributed by atoms with Crippen molar-refractivity contribution in [3.63, 3.8) is 0 Å². The molecule has 0 fully saturated rings. The Hall–Kier alpha value is -1.23. The van der Waals surface area contributed by atoms with E-state index in [1.54, 1.807) is 6.07 Å². The van der Waals surface area contributed by atoms with Gasteiger partial charge in [0.1, 0.15) is 17.0 Å². The number of halogens is 2. The summed E-state index contributed by atoms with van der Waals surface area (Å²) in [4.78, 5) is 10.5. The number of carbonyl (C=O) groups is 1. The number of hydrogen-bond acceptors (Lipinski definition) is 2. The number of fused-ring (bicyclic) bond motifs is 1. The zero-order chi connectivity index (χ0) is 9.42. The van der Waals surface area contributed by atoms with Crippen molar-refractivity contribution in [3.8, 4) is 0 Å². The van der Waals surface area contributed by atoms with Crippen molar-refractivity contribution in [2.45, 2.75) is 0 Å². The fourth-order valence-corrected chi connectivity index (χ4v) is 1.58. The molecule has 3 nitrogen and oxygen atoms in total. The number of aromatic amines is 1. The molecule has 1 N–H and O–H groups in total. The molecule has 0 bridgehead atoms. The van der Waals surface area contributed by atoms with Crippen LogP contribution in [0.15, 0.2) is 16.6 Å². The van der Waals surface area contributed by atoms with Crippen molar-refractivity contribution in [1.29, 1.82) is 0 Å². The Morgan fingerprint density at radius 3 is 3.00 bits per heavy atom. The molecule has 0 radical (unpaired) electrons. The van der Waals surface area contributed by atoms with E-state index in [1.807, 2.05) is 0 Å². The summed E-state index contributed by atoms with van der Waals surface area (Å²) in [6.07, 6.45) is 0.546. The summed E-state index contributed by atoms with van der Waals surface area (Å²) < 4.78 is 13.9. The molecule has 1 heterocycles. The molecule has 0 aliphatic carbocycles. The third kappa shape index (κ3) is 1.16. The maximum Gasteiger partial charge on any atom is 0.168 e.